The summed E-state index contributed by atoms with van der Waals surface area (Å²) in [6.07, 6.45) is 3.82. The molecule has 2 atom stereocenters. The van der Waals surface area contributed by atoms with Gasteiger partial charge in [0.1, 0.15) is 11.5 Å². The van der Waals surface area contributed by atoms with Crippen molar-refractivity contribution >= 4 is 18.4 Å². The Bertz CT molecular complexity index is 940. The summed E-state index contributed by atoms with van der Waals surface area (Å²) in [4.78, 5) is 3.20. The van der Waals surface area contributed by atoms with Gasteiger partial charge in [0.15, 0.2) is 4.77 Å². The first-order valence-electron chi connectivity index (χ1n) is 8.17. The van der Waals surface area contributed by atoms with E-state index in [1.54, 1.807) is 4.68 Å². The first-order chi connectivity index (χ1) is 12.2. The average molecular weight is 353 g/mol. The van der Waals surface area contributed by atoms with Gasteiger partial charge in [-0.25, -0.2) is 10.1 Å². The summed E-state index contributed by atoms with van der Waals surface area (Å²) in [6, 6.07) is 14.1. The molecule has 1 aliphatic rings. The number of aromatic amines is 1. The molecule has 1 fully saturated rings. The predicted octanol–water partition coefficient (Wildman–Crippen LogP) is 3.41. The molecule has 0 amide bonds. The van der Waals surface area contributed by atoms with Crippen LogP contribution in [0.4, 0.5) is 0 Å². The van der Waals surface area contributed by atoms with Crippen LogP contribution < -0.4 is 10.9 Å². The first-order valence-corrected chi connectivity index (χ1v) is 8.58. The molecule has 4 rings (SSSR count). The molecule has 3 N–H and O–H groups in total. The number of aryl methyl sites for hydroxylation is 1. The van der Waals surface area contributed by atoms with Crippen LogP contribution in [-0.2, 0) is 0 Å². The summed E-state index contributed by atoms with van der Waals surface area (Å²) in [7, 11) is 0. The Morgan fingerprint density at radius 3 is 2.84 bits per heavy atom. The molecule has 1 aliphatic heterocycles. The Morgan fingerprint density at radius 2 is 2.08 bits per heavy atom. The van der Waals surface area contributed by atoms with Crippen LogP contribution in [0.15, 0.2) is 58.2 Å². The maximum atomic E-state index is 5.74. The fraction of sp³-hybridized carbons (Fsp3) is 0.222. The summed E-state index contributed by atoms with van der Waals surface area (Å²) in [6.45, 7) is 2.72. The number of nitrogens with one attached hydrogen (secondary N) is 3. The summed E-state index contributed by atoms with van der Waals surface area (Å²) < 4.78 is 8.00. The number of aromatic nitrogens is 2. The molecule has 1 saturated heterocycles. The Labute approximate surface area is 150 Å². The standard InChI is InChI=1S/C18H19N5OS/c1-12-7-8-16(24-12)17-14(9-19-22-17)10-20-23-11-15(21-18(23)25)13-5-3-2-4-6-13/h2-8,10-11,14,17,19,22H,9H2,1H3,(H,21,25)/b20-10+. The van der Waals surface area contributed by atoms with Gasteiger partial charge in [-0.05, 0) is 36.8 Å². The van der Waals surface area contributed by atoms with E-state index >= 15 is 0 Å². The molecular weight excluding hydrogens is 334 g/mol. The van der Waals surface area contributed by atoms with Crippen molar-refractivity contribution in [2.45, 2.75) is 13.0 Å². The van der Waals surface area contributed by atoms with Crippen LogP contribution in [-0.4, -0.2) is 22.4 Å². The minimum atomic E-state index is 0.0548. The van der Waals surface area contributed by atoms with E-state index < -0.39 is 0 Å². The van der Waals surface area contributed by atoms with Gasteiger partial charge in [0.05, 0.1) is 17.9 Å². The molecule has 3 aromatic rings. The maximum Gasteiger partial charge on any atom is 0.198 e. The molecular formula is C18H19N5OS. The van der Waals surface area contributed by atoms with Crippen molar-refractivity contribution < 1.29 is 4.42 Å². The number of imidazole rings is 1. The number of furan rings is 1. The Hall–Kier alpha value is -2.48. The molecule has 0 spiro atoms. The van der Waals surface area contributed by atoms with Crippen LogP contribution in [0, 0.1) is 17.6 Å². The minimum Gasteiger partial charge on any atom is -0.465 e. The largest absolute Gasteiger partial charge is 0.465 e. The van der Waals surface area contributed by atoms with Crippen LogP contribution in [0.5, 0.6) is 0 Å². The third-order valence-corrected chi connectivity index (χ3v) is 4.55. The van der Waals surface area contributed by atoms with Gasteiger partial charge < -0.3 is 9.40 Å². The lowest BCUT2D eigenvalue weighted by Crippen LogP contribution is -2.24. The van der Waals surface area contributed by atoms with Crippen molar-refractivity contribution in [2.75, 3.05) is 6.54 Å². The Balaban J connectivity index is 1.55. The van der Waals surface area contributed by atoms with Gasteiger partial charge in [-0.1, -0.05) is 30.3 Å². The van der Waals surface area contributed by atoms with Crippen LogP contribution in [0.1, 0.15) is 17.6 Å². The second-order valence-electron chi connectivity index (χ2n) is 6.06. The van der Waals surface area contributed by atoms with Crippen LogP contribution in [0.3, 0.4) is 0 Å². The highest BCUT2D eigenvalue weighted by Crippen LogP contribution is 2.25. The molecule has 3 heterocycles. The maximum absolute atomic E-state index is 5.74. The molecule has 6 nitrogen and oxygen atoms in total. The second-order valence-corrected chi connectivity index (χ2v) is 6.45. The SMILES string of the molecule is Cc1ccc(C2NNCC2/C=N/n2cc(-c3ccccc3)[nH]c2=S)o1. The number of nitrogens with zero attached hydrogens (tertiary/aromatic N) is 2. The lowest BCUT2D eigenvalue weighted by molar-refractivity contribution is 0.403. The summed E-state index contributed by atoms with van der Waals surface area (Å²) in [5, 5.41) is 4.55. The fourth-order valence-electron chi connectivity index (χ4n) is 2.95. The molecule has 0 saturated carbocycles. The number of rotatable bonds is 4. The van der Waals surface area contributed by atoms with Gasteiger partial charge in [0.2, 0.25) is 0 Å². The normalized spacial score (nSPS) is 20.5. The molecule has 7 heteroatoms. The highest BCUT2D eigenvalue weighted by atomic mass is 32.1. The monoisotopic (exact) mass is 353 g/mol. The van der Waals surface area contributed by atoms with Gasteiger partial charge in [-0.2, -0.15) is 5.10 Å². The third-order valence-electron chi connectivity index (χ3n) is 4.26. The van der Waals surface area contributed by atoms with E-state index in [0.717, 1.165) is 29.3 Å². The highest BCUT2D eigenvalue weighted by Gasteiger charge is 2.29. The third kappa shape index (κ3) is 3.34. The van der Waals surface area contributed by atoms with E-state index in [1.165, 1.54) is 0 Å². The highest BCUT2D eigenvalue weighted by molar-refractivity contribution is 7.71. The van der Waals surface area contributed by atoms with Gasteiger partial charge in [0, 0.05) is 18.7 Å². The van der Waals surface area contributed by atoms with Crippen molar-refractivity contribution in [1.29, 1.82) is 0 Å². The van der Waals surface area contributed by atoms with Crippen molar-refractivity contribution in [3.05, 3.63) is 65.0 Å². The van der Waals surface area contributed by atoms with Gasteiger partial charge in [-0.15, -0.1) is 0 Å². The minimum absolute atomic E-state index is 0.0548. The summed E-state index contributed by atoms with van der Waals surface area (Å²) >= 11 is 5.38. The van der Waals surface area contributed by atoms with Gasteiger partial charge in [-0.3, -0.25) is 5.43 Å². The topological polar surface area (TPSA) is 70.3 Å². The predicted molar refractivity (Wildman–Crippen MR) is 99.8 cm³/mol. The molecule has 2 unspecified atom stereocenters. The lowest BCUT2D eigenvalue weighted by atomic mass is 10.0. The zero-order valence-corrected chi connectivity index (χ0v) is 14.6. The van der Waals surface area contributed by atoms with Gasteiger partial charge >= 0.3 is 0 Å². The van der Waals surface area contributed by atoms with E-state index in [1.807, 2.05) is 61.8 Å². The van der Waals surface area contributed by atoms with E-state index in [2.05, 4.69) is 20.9 Å². The smallest absolute Gasteiger partial charge is 0.198 e. The molecule has 25 heavy (non-hydrogen) atoms. The van der Waals surface area contributed by atoms with Crippen molar-refractivity contribution in [3.63, 3.8) is 0 Å². The van der Waals surface area contributed by atoms with E-state index in [9.17, 15) is 0 Å². The molecule has 0 radical (unpaired) electrons. The van der Waals surface area contributed by atoms with Crippen molar-refractivity contribution in [3.8, 4) is 11.3 Å². The van der Waals surface area contributed by atoms with Crippen molar-refractivity contribution in [2.24, 2.45) is 11.0 Å². The second kappa shape index (κ2) is 6.79. The van der Waals surface area contributed by atoms with E-state index in [0.29, 0.717) is 4.77 Å². The van der Waals surface area contributed by atoms with E-state index in [-0.39, 0.29) is 12.0 Å². The molecule has 1 aromatic carbocycles. The van der Waals surface area contributed by atoms with Crippen LogP contribution in [0.2, 0.25) is 0 Å². The Morgan fingerprint density at radius 1 is 1.24 bits per heavy atom. The molecule has 2 aromatic heterocycles. The average Bonchev–Trinajstić information content (AvgIpc) is 3.33. The molecule has 0 bridgehead atoms. The molecule has 0 aliphatic carbocycles. The number of H-pyrrole nitrogens is 1. The van der Waals surface area contributed by atoms with E-state index in [4.69, 9.17) is 16.6 Å². The Kier molecular flexibility index (Phi) is 4.35. The fourth-order valence-corrected chi connectivity index (χ4v) is 3.16. The first kappa shape index (κ1) is 16.0. The van der Waals surface area contributed by atoms with Gasteiger partial charge in [0.25, 0.3) is 0 Å². The number of hydrogen-bond acceptors (Lipinski definition) is 5. The summed E-state index contributed by atoms with van der Waals surface area (Å²) in [5.41, 5.74) is 8.44. The lowest BCUT2D eigenvalue weighted by Gasteiger charge is -2.11. The number of hydrazine groups is 1. The zero-order valence-electron chi connectivity index (χ0n) is 13.8. The zero-order chi connectivity index (χ0) is 17.2. The van der Waals surface area contributed by atoms with Crippen LogP contribution in [0.25, 0.3) is 11.3 Å². The van der Waals surface area contributed by atoms with Crippen LogP contribution >= 0.6 is 12.2 Å². The van der Waals surface area contributed by atoms with Crippen molar-refractivity contribution in [1.82, 2.24) is 20.5 Å². The summed E-state index contributed by atoms with van der Waals surface area (Å²) in [5.74, 6) is 1.98. The quantitative estimate of drug-likeness (QED) is 0.497. The number of benzene rings is 1. The molecule has 128 valence electrons. The number of hydrogen-bond donors (Lipinski definition) is 3.